The number of carboxylic acid groups (broad SMARTS) is 1. The van der Waals surface area contributed by atoms with Gasteiger partial charge in [0, 0.05) is 43.0 Å². The van der Waals surface area contributed by atoms with E-state index >= 15 is 0 Å². The van der Waals surface area contributed by atoms with Crippen LogP contribution in [0.25, 0.3) is 22.5 Å². The third kappa shape index (κ3) is 7.65. The Morgan fingerprint density at radius 3 is 2.38 bits per heavy atom. The van der Waals surface area contributed by atoms with Crippen LogP contribution in [0, 0.1) is 17.9 Å². The molecule has 202 valence electrons. The number of carboxylic acids is 1. The summed E-state index contributed by atoms with van der Waals surface area (Å²) >= 11 is 0. The summed E-state index contributed by atoms with van der Waals surface area (Å²) in [7, 11) is 0. The predicted octanol–water partition coefficient (Wildman–Crippen LogP) is 4.53. The summed E-state index contributed by atoms with van der Waals surface area (Å²) in [6, 6.07) is 14.6. The second kappa shape index (κ2) is 13.5. The highest BCUT2D eigenvalue weighted by atomic mass is 16.5. The largest absolute Gasteiger partial charge is 0.481 e. The van der Waals surface area contributed by atoms with Crippen LogP contribution in [-0.4, -0.2) is 51.0 Å². The molecule has 0 radical (unpaired) electrons. The lowest BCUT2D eigenvalue weighted by atomic mass is 10.0. The molecule has 39 heavy (non-hydrogen) atoms. The number of rotatable bonds is 10. The molecule has 2 atom stereocenters. The van der Waals surface area contributed by atoms with Crippen LogP contribution in [-0.2, 0) is 16.0 Å². The molecule has 1 amide bonds. The molecule has 2 aromatic carbocycles. The summed E-state index contributed by atoms with van der Waals surface area (Å²) in [6.45, 7) is 2.82. The average molecular weight is 527 g/mol. The van der Waals surface area contributed by atoms with E-state index in [-0.39, 0.29) is 12.5 Å². The van der Waals surface area contributed by atoms with Crippen molar-refractivity contribution in [2.45, 2.75) is 51.5 Å². The van der Waals surface area contributed by atoms with Gasteiger partial charge in [0.1, 0.15) is 11.9 Å². The maximum atomic E-state index is 12.6. The minimum atomic E-state index is -0.869. The first-order valence-corrected chi connectivity index (χ1v) is 13.4. The molecule has 1 aliphatic rings. The lowest BCUT2D eigenvalue weighted by Crippen LogP contribution is -2.44. The van der Waals surface area contributed by atoms with Crippen molar-refractivity contribution in [3.63, 3.8) is 0 Å². The molecule has 3 N–H and O–H groups in total. The van der Waals surface area contributed by atoms with Crippen molar-refractivity contribution in [2.75, 3.05) is 13.1 Å². The van der Waals surface area contributed by atoms with Crippen LogP contribution in [0.2, 0.25) is 0 Å². The Balaban J connectivity index is 1.30. The van der Waals surface area contributed by atoms with Gasteiger partial charge < -0.3 is 20.5 Å². The number of aliphatic carboxylic acids is 1. The van der Waals surface area contributed by atoms with Gasteiger partial charge in [-0.25, -0.2) is 9.97 Å². The minimum Gasteiger partial charge on any atom is -0.481 e. The van der Waals surface area contributed by atoms with E-state index in [2.05, 4.69) is 28.9 Å². The Morgan fingerprint density at radius 2 is 1.74 bits per heavy atom. The highest BCUT2D eigenvalue weighted by molar-refractivity contribution is 5.83. The zero-order valence-electron chi connectivity index (χ0n) is 22.2. The van der Waals surface area contributed by atoms with Crippen LogP contribution < -0.4 is 10.5 Å². The van der Waals surface area contributed by atoms with E-state index in [9.17, 15) is 9.59 Å². The lowest BCUT2D eigenvalue weighted by molar-refractivity contribution is -0.141. The number of nitrogens with zero attached hydrogens (tertiary/aromatic N) is 3. The van der Waals surface area contributed by atoms with E-state index in [0.717, 1.165) is 35.1 Å². The SMILES string of the molecule is CCCCCC#COc1ccc(-c2cnc(-c3ccc(CC(N)C(=O)N4CCC(C(=O)O)C4)cc3)nc2)cc1. The molecule has 3 aromatic rings. The molecule has 1 saturated heterocycles. The smallest absolute Gasteiger partial charge is 0.308 e. The van der Waals surface area contributed by atoms with Crippen molar-refractivity contribution in [1.82, 2.24) is 14.9 Å². The van der Waals surface area contributed by atoms with Gasteiger partial charge in [0.2, 0.25) is 5.91 Å². The molecular formula is C31H34N4O4. The molecule has 2 unspecified atom stereocenters. The highest BCUT2D eigenvalue weighted by Crippen LogP contribution is 2.24. The fourth-order valence-corrected chi connectivity index (χ4v) is 4.48. The van der Waals surface area contributed by atoms with Crippen LogP contribution in [0.15, 0.2) is 60.9 Å². The molecule has 0 bridgehead atoms. The topological polar surface area (TPSA) is 119 Å². The number of likely N-dealkylation sites (tertiary alicyclic amines) is 1. The zero-order valence-corrected chi connectivity index (χ0v) is 22.2. The van der Waals surface area contributed by atoms with Gasteiger partial charge in [-0.1, -0.05) is 62.1 Å². The van der Waals surface area contributed by atoms with Gasteiger partial charge in [-0.3, -0.25) is 9.59 Å². The molecule has 4 rings (SSSR count). The van der Waals surface area contributed by atoms with Gasteiger partial charge in [-0.2, -0.15) is 0 Å². The zero-order chi connectivity index (χ0) is 27.6. The van der Waals surface area contributed by atoms with E-state index in [0.29, 0.717) is 31.0 Å². The number of hydrogen-bond acceptors (Lipinski definition) is 6. The van der Waals surface area contributed by atoms with Crippen molar-refractivity contribution >= 4 is 11.9 Å². The third-order valence-corrected chi connectivity index (χ3v) is 6.82. The standard InChI is InChI=1S/C31H34N4O4/c1-2-3-4-5-6-17-39-27-13-11-23(12-14-27)26-19-33-29(34-20-26)24-9-7-22(8-10-24)18-28(32)30(36)35-16-15-25(21-35)31(37)38/h7-14,19-20,25,28H,2-5,15-16,18,21,32H2,1H3,(H,37,38). The number of benzene rings is 2. The first-order chi connectivity index (χ1) is 18.9. The van der Waals surface area contributed by atoms with Gasteiger partial charge in [-0.15, -0.1) is 0 Å². The molecule has 0 saturated carbocycles. The van der Waals surface area contributed by atoms with Gasteiger partial charge in [0.15, 0.2) is 5.82 Å². The van der Waals surface area contributed by atoms with Gasteiger partial charge >= 0.3 is 5.97 Å². The van der Waals surface area contributed by atoms with E-state index in [1.807, 2.05) is 48.5 Å². The summed E-state index contributed by atoms with van der Waals surface area (Å²) < 4.78 is 5.50. The quantitative estimate of drug-likeness (QED) is 0.294. The van der Waals surface area contributed by atoms with Gasteiger partial charge in [0.05, 0.1) is 12.0 Å². The molecule has 1 aliphatic heterocycles. The number of aromatic nitrogens is 2. The van der Waals surface area contributed by atoms with Gasteiger partial charge in [-0.05, 0) is 42.5 Å². The molecule has 1 fully saturated rings. The average Bonchev–Trinajstić information content (AvgIpc) is 3.46. The van der Waals surface area contributed by atoms with Crippen LogP contribution in [0.5, 0.6) is 5.75 Å². The monoisotopic (exact) mass is 526 g/mol. The number of carbonyl (C=O) groups excluding carboxylic acids is 1. The summed E-state index contributed by atoms with van der Waals surface area (Å²) in [5.74, 6) is 2.75. The Labute approximate surface area is 229 Å². The van der Waals surface area contributed by atoms with E-state index in [1.54, 1.807) is 17.3 Å². The van der Waals surface area contributed by atoms with Crippen LogP contribution in [0.3, 0.4) is 0 Å². The lowest BCUT2D eigenvalue weighted by Gasteiger charge is -2.20. The van der Waals surface area contributed by atoms with Crippen molar-refractivity contribution in [3.05, 3.63) is 66.5 Å². The van der Waals surface area contributed by atoms with Crippen molar-refractivity contribution in [1.29, 1.82) is 0 Å². The van der Waals surface area contributed by atoms with E-state index < -0.39 is 17.9 Å². The van der Waals surface area contributed by atoms with Crippen LogP contribution in [0.4, 0.5) is 0 Å². The molecule has 0 spiro atoms. The highest BCUT2D eigenvalue weighted by Gasteiger charge is 2.32. The molecule has 8 nitrogen and oxygen atoms in total. The predicted molar refractivity (Wildman–Crippen MR) is 149 cm³/mol. The number of carbonyl (C=O) groups is 2. The number of hydrogen-bond donors (Lipinski definition) is 2. The van der Waals surface area contributed by atoms with E-state index in [4.69, 9.17) is 15.6 Å². The molecular weight excluding hydrogens is 492 g/mol. The summed E-state index contributed by atoms with van der Waals surface area (Å²) in [5.41, 5.74) is 9.79. The molecule has 0 aliphatic carbocycles. The fourth-order valence-electron chi connectivity index (χ4n) is 4.48. The van der Waals surface area contributed by atoms with Gasteiger partial charge in [0.25, 0.3) is 0 Å². The van der Waals surface area contributed by atoms with E-state index in [1.165, 1.54) is 12.8 Å². The first kappa shape index (κ1) is 27.8. The second-order valence-electron chi connectivity index (χ2n) is 9.77. The Kier molecular flexibility index (Phi) is 9.65. The summed E-state index contributed by atoms with van der Waals surface area (Å²) in [5, 5.41) is 9.15. The van der Waals surface area contributed by atoms with Crippen LogP contribution in [0.1, 0.15) is 44.6 Å². The Hall–Kier alpha value is -4.22. The van der Waals surface area contributed by atoms with Crippen LogP contribution >= 0.6 is 0 Å². The summed E-state index contributed by atoms with van der Waals surface area (Å²) in [4.78, 5) is 34.4. The molecule has 1 aromatic heterocycles. The molecule has 2 heterocycles. The third-order valence-electron chi connectivity index (χ3n) is 6.82. The first-order valence-electron chi connectivity index (χ1n) is 13.4. The maximum absolute atomic E-state index is 12.6. The number of ether oxygens (including phenoxy) is 1. The summed E-state index contributed by atoms with van der Waals surface area (Å²) in [6.07, 6.45) is 11.5. The fraction of sp³-hybridized carbons (Fsp3) is 0.355. The second-order valence-corrected chi connectivity index (χ2v) is 9.77. The normalized spacial score (nSPS) is 15.3. The number of unbranched alkanes of at least 4 members (excludes halogenated alkanes) is 3. The minimum absolute atomic E-state index is 0.211. The number of nitrogens with two attached hydrogens (primary N) is 1. The Morgan fingerprint density at radius 1 is 1.05 bits per heavy atom. The molecule has 8 heteroatoms. The maximum Gasteiger partial charge on any atom is 0.308 e. The number of amides is 1. The Bertz CT molecular complexity index is 1310. The van der Waals surface area contributed by atoms with Crippen molar-refractivity contribution < 1.29 is 19.4 Å². The van der Waals surface area contributed by atoms with Crippen molar-refractivity contribution in [2.24, 2.45) is 11.7 Å². The van der Waals surface area contributed by atoms with Crippen molar-refractivity contribution in [3.8, 4) is 40.3 Å².